The summed E-state index contributed by atoms with van der Waals surface area (Å²) in [4.78, 5) is 16.6. The van der Waals surface area contributed by atoms with E-state index in [1.54, 1.807) is 6.33 Å². The maximum atomic E-state index is 9.09. The van der Waals surface area contributed by atoms with Crippen LogP contribution in [0.1, 0.15) is 23.8 Å². The molecule has 0 bridgehead atoms. The average Bonchev–Trinajstić information content (AvgIpc) is 2.93. The van der Waals surface area contributed by atoms with Crippen molar-refractivity contribution in [1.29, 1.82) is 0 Å². The van der Waals surface area contributed by atoms with Crippen molar-refractivity contribution in [3.8, 4) is 0 Å². The maximum Gasteiger partial charge on any atom is 0.141 e. The number of rotatable bonds is 3. The molecule has 23 heavy (non-hydrogen) atoms. The summed E-state index contributed by atoms with van der Waals surface area (Å²) < 4.78 is 0. The summed E-state index contributed by atoms with van der Waals surface area (Å²) in [6.07, 6.45) is 5.36. The third kappa shape index (κ3) is 2.84. The number of piperazine rings is 1. The minimum absolute atomic E-state index is 0.244. The van der Waals surface area contributed by atoms with Crippen LogP contribution in [0.3, 0.4) is 0 Å². The van der Waals surface area contributed by atoms with Gasteiger partial charge in [-0.3, -0.25) is 4.90 Å². The first-order chi connectivity index (χ1) is 11.3. The number of anilines is 1. The second-order valence-electron chi connectivity index (χ2n) is 6.78. The molecule has 2 aromatic rings. The molecule has 0 amide bonds. The van der Waals surface area contributed by atoms with E-state index in [0.717, 1.165) is 49.3 Å². The van der Waals surface area contributed by atoms with Crippen LogP contribution in [0.25, 0.3) is 10.2 Å². The van der Waals surface area contributed by atoms with E-state index in [9.17, 15) is 0 Å². The number of fused-ring (bicyclic) bond motifs is 3. The minimum atomic E-state index is 0.244. The number of hydrogen-bond donors (Lipinski definition) is 1. The van der Waals surface area contributed by atoms with E-state index in [4.69, 9.17) is 5.11 Å². The number of thiophene rings is 1. The summed E-state index contributed by atoms with van der Waals surface area (Å²) in [5.41, 5.74) is 1.51. The highest BCUT2D eigenvalue weighted by Gasteiger charge is 2.26. The molecule has 4 rings (SSSR count). The number of aryl methyl sites for hydroxylation is 1. The van der Waals surface area contributed by atoms with E-state index >= 15 is 0 Å². The first-order valence-corrected chi connectivity index (χ1v) is 9.41. The van der Waals surface area contributed by atoms with Crippen LogP contribution in [-0.4, -0.2) is 59.3 Å². The van der Waals surface area contributed by atoms with Crippen molar-refractivity contribution >= 4 is 27.4 Å². The molecule has 0 unspecified atom stereocenters. The molecular weight excluding hydrogens is 308 g/mol. The third-order valence-corrected chi connectivity index (χ3v) is 6.32. The van der Waals surface area contributed by atoms with E-state index in [0.29, 0.717) is 0 Å². The van der Waals surface area contributed by atoms with Crippen molar-refractivity contribution in [1.82, 2.24) is 14.9 Å². The zero-order valence-corrected chi connectivity index (χ0v) is 14.5. The SMILES string of the molecule is C[C@@H]1CCc2c(sc3ncnc(N4CCN(CCO)CC4)c23)C1. The Morgan fingerprint density at radius 3 is 2.87 bits per heavy atom. The Morgan fingerprint density at radius 1 is 1.26 bits per heavy atom. The highest BCUT2D eigenvalue weighted by Crippen LogP contribution is 2.40. The molecule has 1 N–H and O–H groups in total. The quantitative estimate of drug-likeness (QED) is 0.931. The van der Waals surface area contributed by atoms with Gasteiger partial charge in [-0.25, -0.2) is 9.97 Å². The Hall–Kier alpha value is -1.24. The Balaban J connectivity index is 1.66. The molecule has 0 saturated carbocycles. The van der Waals surface area contributed by atoms with Crippen LogP contribution in [0.2, 0.25) is 0 Å². The molecule has 1 fully saturated rings. The fourth-order valence-corrected chi connectivity index (χ4v) is 5.17. The molecule has 1 aliphatic carbocycles. The first-order valence-electron chi connectivity index (χ1n) is 8.59. The van der Waals surface area contributed by atoms with Crippen molar-refractivity contribution < 1.29 is 5.11 Å². The van der Waals surface area contributed by atoms with Gasteiger partial charge in [0, 0.05) is 37.6 Å². The molecule has 1 saturated heterocycles. The van der Waals surface area contributed by atoms with Gasteiger partial charge in [-0.2, -0.15) is 0 Å². The Bertz CT molecular complexity index is 693. The van der Waals surface area contributed by atoms with Gasteiger partial charge in [0.15, 0.2) is 0 Å². The molecule has 124 valence electrons. The zero-order valence-electron chi connectivity index (χ0n) is 13.7. The van der Waals surface area contributed by atoms with Gasteiger partial charge in [-0.05, 0) is 30.7 Å². The largest absolute Gasteiger partial charge is 0.395 e. The van der Waals surface area contributed by atoms with Gasteiger partial charge in [-0.1, -0.05) is 6.92 Å². The number of aliphatic hydroxyl groups excluding tert-OH is 1. The van der Waals surface area contributed by atoms with E-state index in [1.807, 2.05) is 11.3 Å². The number of aliphatic hydroxyl groups is 1. The lowest BCUT2D eigenvalue weighted by molar-refractivity contribution is 0.188. The van der Waals surface area contributed by atoms with Crippen LogP contribution in [0.5, 0.6) is 0 Å². The van der Waals surface area contributed by atoms with E-state index in [1.165, 1.54) is 35.1 Å². The second kappa shape index (κ2) is 6.34. The molecule has 1 atom stereocenters. The van der Waals surface area contributed by atoms with Crippen LogP contribution >= 0.6 is 11.3 Å². The predicted octanol–water partition coefficient (Wildman–Crippen LogP) is 1.93. The van der Waals surface area contributed by atoms with Crippen LogP contribution in [-0.2, 0) is 12.8 Å². The van der Waals surface area contributed by atoms with E-state index in [2.05, 4.69) is 26.7 Å². The molecule has 2 aromatic heterocycles. The summed E-state index contributed by atoms with van der Waals surface area (Å²) in [5.74, 6) is 1.92. The van der Waals surface area contributed by atoms with E-state index < -0.39 is 0 Å². The monoisotopic (exact) mass is 332 g/mol. The second-order valence-corrected chi connectivity index (χ2v) is 7.87. The smallest absolute Gasteiger partial charge is 0.141 e. The Labute approximate surface area is 141 Å². The fraction of sp³-hybridized carbons (Fsp3) is 0.647. The van der Waals surface area contributed by atoms with Gasteiger partial charge in [0.25, 0.3) is 0 Å². The summed E-state index contributed by atoms with van der Waals surface area (Å²) in [6, 6.07) is 0. The van der Waals surface area contributed by atoms with Crippen LogP contribution in [0.15, 0.2) is 6.33 Å². The third-order valence-electron chi connectivity index (χ3n) is 5.16. The summed E-state index contributed by atoms with van der Waals surface area (Å²) >= 11 is 1.87. The predicted molar refractivity (Wildman–Crippen MR) is 94.3 cm³/mol. The summed E-state index contributed by atoms with van der Waals surface area (Å²) in [7, 11) is 0. The molecule has 6 heteroatoms. The van der Waals surface area contributed by atoms with Gasteiger partial charge in [-0.15, -0.1) is 11.3 Å². The summed E-state index contributed by atoms with van der Waals surface area (Å²) in [6.45, 7) is 7.32. The number of nitrogens with zero attached hydrogens (tertiary/aromatic N) is 4. The van der Waals surface area contributed by atoms with Crippen molar-refractivity contribution in [2.45, 2.75) is 26.2 Å². The summed E-state index contributed by atoms with van der Waals surface area (Å²) in [5, 5.41) is 10.4. The van der Waals surface area contributed by atoms with Crippen LogP contribution in [0.4, 0.5) is 5.82 Å². The molecule has 0 spiro atoms. The van der Waals surface area contributed by atoms with Crippen molar-refractivity contribution in [2.75, 3.05) is 44.2 Å². The topological polar surface area (TPSA) is 52.5 Å². The standard InChI is InChI=1S/C17H24N4OS/c1-12-2-3-13-14(10-12)23-17-15(13)16(18-11-19-17)21-6-4-20(5-7-21)8-9-22/h11-12,22H,2-10H2,1H3/t12-/m1/s1. The van der Waals surface area contributed by atoms with Crippen LogP contribution in [0, 0.1) is 5.92 Å². The lowest BCUT2D eigenvalue weighted by Gasteiger charge is -2.35. The van der Waals surface area contributed by atoms with Crippen molar-refractivity contribution in [2.24, 2.45) is 5.92 Å². The van der Waals surface area contributed by atoms with Gasteiger partial charge in [0.05, 0.1) is 12.0 Å². The lowest BCUT2D eigenvalue weighted by atomic mass is 9.89. The average molecular weight is 332 g/mol. The molecule has 2 aliphatic rings. The van der Waals surface area contributed by atoms with Crippen LogP contribution < -0.4 is 4.90 Å². The fourth-order valence-electron chi connectivity index (χ4n) is 3.82. The van der Waals surface area contributed by atoms with Gasteiger partial charge in [0.1, 0.15) is 17.0 Å². The number of β-amino-alcohol motifs (C(OH)–C–C–N with tert-alkyl or cyclic N) is 1. The number of aromatic nitrogens is 2. The van der Waals surface area contributed by atoms with Gasteiger partial charge >= 0.3 is 0 Å². The van der Waals surface area contributed by atoms with Crippen molar-refractivity contribution in [3.63, 3.8) is 0 Å². The highest BCUT2D eigenvalue weighted by molar-refractivity contribution is 7.19. The van der Waals surface area contributed by atoms with Crippen molar-refractivity contribution in [3.05, 3.63) is 16.8 Å². The maximum absolute atomic E-state index is 9.09. The molecule has 0 radical (unpaired) electrons. The molecule has 1 aliphatic heterocycles. The Kier molecular flexibility index (Phi) is 4.22. The van der Waals surface area contributed by atoms with Gasteiger partial charge < -0.3 is 10.0 Å². The normalized spacial score (nSPS) is 22.5. The molecular formula is C17H24N4OS. The minimum Gasteiger partial charge on any atom is -0.395 e. The molecule has 0 aromatic carbocycles. The zero-order chi connectivity index (χ0) is 15.8. The highest BCUT2D eigenvalue weighted by atomic mass is 32.1. The first kappa shape index (κ1) is 15.3. The number of hydrogen-bond acceptors (Lipinski definition) is 6. The Morgan fingerprint density at radius 2 is 2.09 bits per heavy atom. The molecule has 5 nitrogen and oxygen atoms in total. The molecule has 3 heterocycles. The lowest BCUT2D eigenvalue weighted by Crippen LogP contribution is -2.47. The van der Waals surface area contributed by atoms with E-state index in [-0.39, 0.29) is 6.61 Å². The van der Waals surface area contributed by atoms with Gasteiger partial charge in [0.2, 0.25) is 0 Å².